The van der Waals surface area contributed by atoms with Gasteiger partial charge in [-0.15, -0.1) is 11.3 Å². The first-order chi connectivity index (χ1) is 9.31. The second kappa shape index (κ2) is 5.19. The molecule has 100 valence electrons. The second-order valence-electron chi connectivity index (χ2n) is 4.46. The number of nitrogens with zero attached hydrogens (tertiary/aromatic N) is 1. The molecule has 5 heteroatoms. The quantitative estimate of drug-likeness (QED) is 0.936. The summed E-state index contributed by atoms with van der Waals surface area (Å²) in [4.78, 5) is 4.36. The second-order valence-corrected chi connectivity index (χ2v) is 5.38. The van der Waals surface area contributed by atoms with Crippen molar-refractivity contribution in [2.24, 2.45) is 0 Å². The van der Waals surface area contributed by atoms with Gasteiger partial charge < -0.3 is 14.8 Å². The van der Waals surface area contributed by atoms with Crippen molar-refractivity contribution in [2.45, 2.75) is 18.6 Å². The highest BCUT2D eigenvalue weighted by Gasteiger charge is 2.30. The molecule has 1 aromatic heterocycles. The molecule has 0 fully saturated rings. The molecule has 0 aliphatic carbocycles. The van der Waals surface area contributed by atoms with Gasteiger partial charge in [-0.2, -0.15) is 0 Å². The van der Waals surface area contributed by atoms with Gasteiger partial charge in [0.1, 0.15) is 16.5 Å². The minimum Gasteiger partial charge on any atom is -0.497 e. The van der Waals surface area contributed by atoms with Crippen LogP contribution in [-0.2, 0) is 0 Å². The van der Waals surface area contributed by atoms with Crippen molar-refractivity contribution in [2.75, 3.05) is 14.2 Å². The van der Waals surface area contributed by atoms with E-state index in [4.69, 9.17) is 9.47 Å². The first kappa shape index (κ1) is 12.4. The summed E-state index contributed by atoms with van der Waals surface area (Å²) < 4.78 is 11.3. The molecule has 19 heavy (non-hydrogen) atoms. The Morgan fingerprint density at radius 2 is 2.37 bits per heavy atom. The fourth-order valence-electron chi connectivity index (χ4n) is 2.39. The van der Waals surface area contributed by atoms with Gasteiger partial charge in [0.05, 0.1) is 7.11 Å². The van der Waals surface area contributed by atoms with Gasteiger partial charge in [-0.25, -0.2) is 4.98 Å². The van der Waals surface area contributed by atoms with Gasteiger partial charge in [0.15, 0.2) is 6.10 Å². The number of thiazole rings is 1. The fraction of sp³-hybridized carbons (Fsp3) is 0.357. The van der Waals surface area contributed by atoms with Gasteiger partial charge in [0.2, 0.25) is 0 Å². The highest BCUT2D eigenvalue weighted by atomic mass is 32.1. The van der Waals surface area contributed by atoms with Gasteiger partial charge in [-0.1, -0.05) is 6.07 Å². The molecule has 1 aromatic carbocycles. The lowest BCUT2D eigenvalue weighted by Crippen LogP contribution is -2.26. The van der Waals surface area contributed by atoms with E-state index in [1.807, 2.05) is 30.8 Å². The summed E-state index contributed by atoms with van der Waals surface area (Å²) in [5.41, 5.74) is 1.18. The largest absolute Gasteiger partial charge is 0.497 e. The third-order valence-corrected chi connectivity index (χ3v) is 4.26. The molecule has 0 radical (unpaired) electrons. The van der Waals surface area contributed by atoms with Crippen molar-refractivity contribution in [1.82, 2.24) is 10.3 Å². The predicted octanol–water partition coefficient (Wildman–Crippen LogP) is 2.94. The van der Waals surface area contributed by atoms with Crippen molar-refractivity contribution in [3.63, 3.8) is 0 Å². The predicted molar refractivity (Wildman–Crippen MR) is 74.9 cm³/mol. The van der Waals surface area contributed by atoms with Crippen molar-refractivity contribution < 1.29 is 9.47 Å². The van der Waals surface area contributed by atoms with E-state index in [1.54, 1.807) is 18.4 Å². The summed E-state index contributed by atoms with van der Waals surface area (Å²) in [6, 6.07) is 6.26. The average Bonchev–Trinajstić information content (AvgIpc) is 2.99. The van der Waals surface area contributed by atoms with Crippen LogP contribution in [0.25, 0.3) is 0 Å². The number of fused-ring (bicyclic) bond motifs is 1. The summed E-state index contributed by atoms with van der Waals surface area (Å²) in [5, 5.41) is 6.35. The van der Waals surface area contributed by atoms with Crippen LogP contribution in [0.4, 0.5) is 0 Å². The van der Waals surface area contributed by atoms with E-state index < -0.39 is 0 Å². The maximum Gasteiger partial charge on any atom is 0.152 e. The molecule has 1 N–H and O–H groups in total. The molecule has 2 unspecified atom stereocenters. The number of hydrogen-bond acceptors (Lipinski definition) is 5. The van der Waals surface area contributed by atoms with Crippen LogP contribution in [-0.4, -0.2) is 19.1 Å². The van der Waals surface area contributed by atoms with Gasteiger partial charge in [0.25, 0.3) is 0 Å². The van der Waals surface area contributed by atoms with Crippen molar-refractivity contribution >= 4 is 11.3 Å². The van der Waals surface area contributed by atoms with Crippen molar-refractivity contribution in [3.05, 3.63) is 40.3 Å². The van der Waals surface area contributed by atoms with E-state index in [1.165, 1.54) is 5.56 Å². The Morgan fingerprint density at radius 3 is 3.05 bits per heavy atom. The molecule has 0 amide bonds. The molecule has 1 aliphatic rings. The summed E-state index contributed by atoms with van der Waals surface area (Å²) in [6.45, 7) is 0. The zero-order valence-corrected chi connectivity index (χ0v) is 11.7. The van der Waals surface area contributed by atoms with Gasteiger partial charge in [0, 0.05) is 35.7 Å². The molecule has 2 atom stereocenters. The normalized spacial score (nSPS) is 21.6. The van der Waals surface area contributed by atoms with Crippen LogP contribution in [0, 0.1) is 0 Å². The highest BCUT2D eigenvalue weighted by molar-refractivity contribution is 7.09. The number of benzene rings is 1. The zero-order chi connectivity index (χ0) is 13.2. The molecule has 0 saturated heterocycles. The number of rotatable bonds is 3. The maximum absolute atomic E-state index is 6.08. The molecule has 0 spiro atoms. The van der Waals surface area contributed by atoms with Crippen LogP contribution in [0.1, 0.15) is 29.1 Å². The summed E-state index contributed by atoms with van der Waals surface area (Å²) >= 11 is 1.63. The average molecular weight is 276 g/mol. The molecule has 2 heterocycles. The van der Waals surface area contributed by atoms with E-state index in [9.17, 15) is 0 Å². The van der Waals surface area contributed by atoms with Crippen molar-refractivity contribution in [1.29, 1.82) is 0 Å². The molecule has 1 aliphatic heterocycles. The smallest absolute Gasteiger partial charge is 0.152 e. The molecule has 0 saturated carbocycles. The Bertz CT molecular complexity index is 557. The van der Waals surface area contributed by atoms with Gasteiger partial charge >= 0.3 is 0 Å². The van der Waals surface area contributed by atoms with Gasteiger partial charge in [-0.05, 0) is 13.1 Å². The summed E-state index contributed by atoms with van der Waals surface area (Å²) in [6.07, 6.45) is 2.72. The Hall–Kier alpha value is -1.59. The number of hydrogen-bond donors (Lipinski definition) is 1. The Balaban J connectivity index is 1.96. The number of methoxy groups -OCH3 is 1. The number of ether oxygens (including phenoxy) is 2. The molecule has 4 nitrogen and oxygen atoms in total. The zero-order valence-electron chi connectivity index (χ0n) is 10.9. The third-order valence-electron chi connectivity index (χ3n) is 3.39. The molecular formula is C14H16N2O2S. The lowest BCUT2D eigenvalue weighted by Gasteiger charge is -2.31. The lowest BCUT2D eigenvalue weighted by atomic mass is 9.96. The van der Waals surface area contributed by atoms with Gasteiger partial charge in [-0.3, -0.25) is 0 Å². The Morgan fingerprint density at radius 1 is 1.47 bits per heavy atom. The van der Waals surface area contributed by atoms with Crippen molar-refractivity contribution in [3.8, 4) is 11.5 Å². The van der Waals surface area contributed by atoms with Crippen LogP contribution < -0.4 is 14.8 Å². The first-order valence-corrected chi connectivity index (χ1v) is 7.11. The highest BCUT2D eigenvalue weighted by Crippen LogP contribution is 2.42. The maximum atomic E-state index is 6.08. The van der Waals surface area contributed by atoms with Crippen LogP contribution in [0.3, 0.4) is 0 Å². The minimum absolute atomic E-state index is 0.0112. The van der Waals surface area contributed by atoms with E-state index in [0.717, 1.165) is 22.9 Å². The Labute approximate surface area is 116 Å². The molecule has 3 rings (SSSR count). The SMILES string of the molecule is CNC1CC(c2nccs2)Oc2cc(OC)ccc21. The van der Waals surface area contributed by atoms with Crippen LogP contribution >= 0.6 is 11.3 Å². The summed E-state index contributed by atoms with van der Waals surface area (Å²) in [7, 11) is 3.64. The van der Waals surface area contributed by atoms with Crippen LogP contribution in [0.5, 0.6) is 11.5 Å². The van der Waals surface area contributed by atoms with E-state index in [2.05, 4.69) is 16.4 Å². The molecule has 0 bridgehead atoms. The van der Waals surface area contributed by atoms with Crippen LogP contribution in [0.2, 0.25) is 0 Å². The minimum atomic E-state index is 0.0112. The summed E-state index contributed by atoms with van der Waals surface area (Å²) in [5.74, 6) is 1.69. The number of aromatic nitrogens is 1. The monoisotopic (exact) mass is 276 g/mol. The molecular weight excluding hydrogens is 260 g/mol. The fourth-order valence-corrected chi connectivity index (χ4v) is 3.07. The third kappa shape index (κ3) is 2.31. The molecule has 2 aromatic rings. The number of nitrogens with one attached hydrogen (secondary N) is 1. The standard InChI is InChI=1S/C14H16N2O2S/c1-15-11-8-13(14-16-5-6-19-14)18-12-7-9(17-2)3-4-10(11)12/h3-7,11,13,15H,8H2,1-2H3. The van der Waals surface area contributed by atoms with E-state index >= 15 is 0 Å². The lowest BCUT2D eigenvalue weighted by molar-refractivity contribution is 0.153. The van der Waals surface area contributed by atoms with E-state index in [-0.39, 0.29) is 12.1 Å². The van der Waals surface area contributed by atoms with Crippen LogP contribution in [0.15, 0.2) is 29.8 Å². The first-order valence-electron chi connectivity index (χ1n) is 6.23. The topological polar surface area (TPSA) is 43.4 Å². The Kier molecular flexibility index (Phi) is 3.40. The van der Waals surface area contributed by atoms with E-state index in [0.29, 0.717) is 0 Å².